The van der Waals surface area contributed by atoms with E-state index in [4.69, 9.17) is 0 Å². The quantitative estimate of drug-likeness (QED) is 0.636. The second-order valence-corrected chi connectivity index (χ2v) is 7.03. The van der Waals surface area contributed by atoms with Crippen LogP contribution in [-0.4, -0.2) is 48.6 Å². The van der Waals surface area contributed by atoms with Gasteiger partial charge in [0, 0.05) is 42.1 Å². The van der Waals surface area contributed by atoms with Gasteiger partial charge in [-0.05, 0) is 31.2 Å². The molecule has 2 rings (SSSR count). The molecule has 1 aliphatic heterocycles. The molecule has 22 heavy (non-hydrogen) atoms. The van der Waals surface area contributed by atoms with Crippen molar-refractivity contribution in [2.45, 2.75) is 31.3 Å². The van der Waals surface area contributed by atoms with Crippen LogP contribution in [-0.2, 0) is 0 Å². The molecule has 0 radical (unpaired) electrons. The number of rotatable bonds is 8. The van der Waals surface area contributed by atoms with Crippen molar-refractivity contribution < 1.29 is 0 Å². The summed E-state index contributed by atoms with van der Waals surface area (Å²) in [5, 5.41) is 0. The van der Waals surface area contributed by atoms with Crippen molar-refractivity contribution in [2.75, 3.05) is 26.7 Å². The minimum absolute atomic E-state index is 0.550. The van der Waals surface area contributed by atoms with Crippen LogP contribution in [0.1, 0.15) is 24.8 Å². The van der Waals surface area contributed by atoms with E-state index >= 15 is 0 Å². The first-order chi connectivity index (χ1) is 10.6. The SMILES string of the molecule is C=CCN(C)C[C@H]1[C@@H](c2ccc(Br)cc2)[C@@H](CC)N1CC=C. The standard InChI is InChI=1S/C19H27BrN2/c1-5-12-21(4)14-18-19(15-8-10-16(20)11-9-15)17(7-3)22(18)13-6-2/h5-6,8-11,17-19H,1-2,7,12-14H2,3-4H3/t17-,18+,19+/m1/s1. The van der Waals surface area contributed by atoms with Crippen molar-refractivity contribution in [1.29, 1.82) is 0 Å². The Bertz CT molecular complexity index is 497. The molecular formula is C19H27BrN2. The van der Waals surface area contributed by atoms with Gasteiger partial charge in [0.05, 0.1) is 0 Å². The van der Waals surface area contributed by atoms with E-state index in [0.29, 0.717) is 18.0 Å². The van der Waals surface area contributed by atoms with E-state index < -0.39 is 0 Å². The Balaban J connectivity index is 2.20. The highest BCUT2D eigenvalue weighted by molar-refractivity contribution is 9.10. The van der Waals surface area contributed by atoms with Crippen LogP contribution in [0.3, 0.4) is 0 Å². The normalized spacial score (nSPS) is 25.0. The minimum atomic E-state index is 0.550. The molecule has 0 saturated carbocycles. The van der Waals surface area contributed by atoms with Crippen LogP contribution in [0, 0.1) is 0 Å². The summed E-state index contributed by atoms with van der Waals surface area (Å²) in [6, 6.07) is 10.0. The van der Waals surface area contributed by atoms with E-state index in [1.54, 1.807) is 0 Å². The predicted octanol–water partition coefficient (Wildman–Crippen LogP) is 4.30. The third-order valence-corrected chi connectivity index (χ3v) is 5.16. The highest BCUT2D eigenvalue weighted by atomic mass is 79.9. The molecule has 2 nitrogen and oxygen atoms in total. The van der Waals surface area contributed by atoms with Gasteiger partial charge in [0.25, 0.3) is 0 Å². The van der Waals surface area contributed by atoms with E-state index in [0.717, 1.165) is 24.1 Å². The summed E-state index contributed by atoms with van der Waals surface area (Å²) >= 11 is 3.54. The average molecular weight is 363 g/mol. The number of hydrogen-bond donors (Lipinski definition) is 0. The molecule has 1 aromatic carbocycles. The fourth-order valence-electron chi connectivity index (χ4n) is 3.68. The van der Waals surface area contributed by atoms with Gasteiger partial charge in [-0.3, -0.25) is 4.90 Å². The summed E-state index contributed by atoms with van der Waals surface area (Å²) in [5.74, 6) is 0.602. The lowest BCUT2D eigenvalue weighted by Crippen LogP contribution is -2.65. The molecule has 0 N–H and O–H groups in total. The molecule has 3 atom stereocenters. The maximum atomic E-state index is 3.93. The van der Waals surface area contributed by atoms with E-state index in [-0.39, 0.29) is 0 Å². The number of benzene rings is 1. The van der Waals surface area contributed by atoms with Crippen LogP contribution in [0.4, 0.5) is 0 Å². The van der Waals surface area contributed by atoms with E-state index in [1.807, 2.05) is 12.2 Å². The monoisotopic (exact) mass is 362 g/mol. The van der Waals surface area contributed by atoms with Gasteiger partial charge in [-0.25, -0.2) is 0 Å². The van der Waals surface area contributed by atoms with Gasteiger partial charge in [0.2, 0.25) is 0 Å². The second-order valence-electron chi connectivity index (χ2n) is 6.12. The van der Waals surface area contributed by atoms with Gasteiger partial charge in [0.15, 0.2) is 0 Å². The molecule has 1 fully saturated rings. The zero-order valence-electron chi connectivity index (χ0n) is 13.7. The van der Waals surface area contributed by atoms with E-state index in [9.17, 15) is 0 Å². The Kier molecular flexibility index (Phi) is 6.42. The van der Waals surface area contributed by atoms with Crippen molar-refractivity contribution in [3.63, 3.8) is 0 Å². The van der Waals surface area contributed by atoms with Crippen LogP contribution in [0.2, 0.25) is 0 Å². The Hall–Kier alpha value is -0.900. The summed E-state index contributed by atoms with van der Waals surface area (Å²) in [6.07, 6.45) is 5.18. The zero-order chi connectivity index (χ0) is 16.1. The van der Waals surface area contributed by atoms with Crippen LogP contribution in [0.5, 0.6) is 0 Å². The van der Waals surface area contributed by atoms with Crippen molar-refractivity contribution in [3.8, 4) is 0 Å². The Morgan fingerprint density at radius 1 is 1.18 bits per heavy atom. The molecule has 0 amide bonds. The number of halogens is 1. The maximum absolute atomic E-state index is 3.93. The second kappa shape index (κ2) is 8.09. The Labute approximate surface area is 143 Å². The lowest BCUT2D eigenvalue weighted by atomic mass is 9.73. The number of hydrogen-bond acceptors (Lipinski definition) is 2. The zero-order valence-corrected chi connectivity index (χ0v) is 15.3. The first-order valence-electron chi connectivity index (χ1n) is 8.03. The number of likely N-dealkylation sites (tertiary alicyclic amines) is 1. The Morgan fingerprint density at radius 3 is 2.41 bits per heavy atom. The molecule has 0 aliphatic carbocycles. The minimum Gasteiger partial charge on any atom is -0.301 e. The van der Waals surface area contributed by atoms with E-state index in [2.05, 4.69) is 77.1 Å². The fraction of sp³-hybridized carbons (Fsp3) is 0.474. The summed E-state index contributed by atoms with van der Waals surface area (Å²) in [4.78, 5) is 4.95. The lowest BCUT2D eigenvalue weighted by Gasteiger charge is -2.56. The molecule has 1 saturated heterocycles. The molecule has 0 aromatic heterocycles. The molecular weight excluding hydrogens is 336 g/mol. The smallest absolute Gasteiger partial charge is 0.0313 e. The van der Waals surface area contributed by atoms with Crippen LogP contribution in [0.15, 0.2) is 54.0 Å². The summed E-state index contributed by atoms with van der Waals surface area (Å²) in [7, 11) is 2.17. The first kappa shape index (κ1) is 17.5. The number of likely N-dealkylation sites (N-methyl/N-ethyl adjacent to an activating group) is 1. The van der Waals surface area contributed by atoms with Gasteiger partial charge in [-0.1, -0.05) is 47.1 Å². The van der Waals surface area contributed by atoms with E-state index in [1.165, 1.54) is 12.0 Å². The molecule has 3 heteroatoms. The van der Waals surface area contributed by atoms with Gasteiger partial charge < -0.3 is 4.90 Å². The third kappa shape index (κ3) is 3.70. The average Bonchev–Trinajstić information content (AvgIpc) is 2.50. The predicted molar refractivity (Wildman–Crippen MR) is 99.3 cm³/mol. The topological polar surface area (TPSA) is 6.48 Å². The van der Waals surface area contributed by atoms with Crippen molar-refractivity contribution >= 4 is 15.9 Å². The lowest BCUT2D eigenvalue weighted by molar-refractivity contribution is -0.0202. The van der Waals surface area contributed by atoms with Crippen LogP contribution in [0.25, 0.3) is 0 Å². The van der Waals surface area contributed by atoms with Crippen LogP contribution < -0.4 is 0 Å². The molecule has 1 heterocycles. The molecule has 0 spiro atoms. The fourth-order valence-corrected chi connectivity index (χ4v) is 3.95. The molecule has 0 unspecified atom stereocenters. The van der Waals surface area contributed by atoms with Gasteiger partial charge in [-0.2, -0.15) is 0 Å². The largest absolute Gasteiger partial charge is 0.301 e. The van der Waals surface area contributed by atoms with Crippen molar-refractivity contribution in [1.82, 2.24) is 9.80 Å². The van der Waals surface area contributed by atoms with Crippen molar-refractivity contribution in [3.05, 3.63) is 59.6 Å². The number of nitrogens with zero attached hydrogens (tertiary/aromatic N) is 2. The molecule has 0 bridgehead atoms. The Morgan fingerprint density at radius 2 is 1.86 bits per heavy atom. The first-order valence-corrected chi connectivity index (χ1v) is 8.83. The third-order valence-electron chi connectivity index (χ3n) is 4.63. The molecule has 1 aliphatic rings. The van der Waals surface area contributed by atoms with Gasteiger partial charge in [-0.15, -0.1) is 13.2 Å². The van der Waals surface area contributed by atoms with Crippen molar-refractivity contribution in [2.24, 2.45) is 0 Å². The summed E-state index contributed by atoms with van der Waals surface area (Å²) < 4.78 is 1.15. The van der Waals surface area contributed by atoms with Gasteiger partial charge >= 0.3 is 0 Å². The highest BCUT2D eigenvalue weighted by Crippen LogP contribution is 2.42. The maximum Gasteiger partial charge on any atom is 0.0313 e. The highest BCUT2D eigenvalue weighted by Gasteiger charge is 2.47. The summed E-state index contributed by atoms with van der Waals surface area (Å²) in [5.41, 5.74) is 1.45. The molecule has 120 valence electrons. The molecule has 1 aromatic rings. The summed E-state index contributed by atoms with van der Waals surface area (Å²) in [6.45, 7) is 13.0. The van der Waals surface area contributed by atoms with Gasteiger partial charge in [0.1, 0.15) is 0 Å². The van der Waals surface area contributed by atoms with Crippen LogP contribution >= 0.6 is 15.9 Å².